The Kier molecular flexibility index (Phi) is 4.47. The van der Waals surface area contributed by atoms with Crippen LogP contribution in [0.4, 0.5) is 0 Å². The molecule has 0 radical (unpaired) electrons. The van der Waals surface area contributed by atoms with Crippen LogP contribution in [0.1, 0.15) is 19.3 Å². The van der Waals surface area contributed by atoms with Crippen molar-refractivity contribution in [2.75, 3.05) is 12.3 Å². The summed E-state index contributed by atoms with van der Waals surface area (Å²) < 4.78 is 1.04. The predicted octanol–water partition coefficient (Wildman–Crippen LogP) is 3.08. The van der Waals surface area contributed by atoms with Gasteiger partial charge in [-0.1, -0.05) is 0 Å². The number of aromatic nitrogens is 1. The zero-order valence-corrected chi connectivity index (χ0v) is 11.0. The molecule has 82 valence electrons. The number of halogens is 1. The number of thioether (sulfide) groups is 1. The topological polar surface area (TPSA) is 24.9 Å². The monoisotopic (exact) mass is 286 g/mol. The first kappa shape index (κ1) is 11.4. The fourth-order valence-corrected chi connectivity index (χ4v) is 2.31. The normalized spacial score (nSPS) is 15.5. The highest BCUT2D eigenvalue weighted by molar-refractivity contribution is 9.10. The Bertz CT molecular complexity index is 298. The largest absolute Gasteiger partial charge is 0.314 e. The molecule has 0 spiro atoms. The third kappa shape index (κ3) is 4.53. The van der Waals surface area contributed by atoms with Gasteiger partial charge < -0.3 is 5.32 Å². The maximum absolute atomic E-state index is 4.32. The van der Waals surface area contributed by atoms with Gasteiger partial charge in [-0.2, -0.15) is 0 Å². The van der Waals surface area contributed by atoms with E-state index in [-0.39, 0.29) is 0 Å². The van der Waals surface area contributed by atoms with Gasteiger partial charge in [-0.15, -0.1) is 11.8 Å². The summed E-state index contributed by atoms with van der Waals surface area (Å²) in [6, 6.07) is 4.93. The molecule has 1 aliphatic rings. The van der Waals surface area contributed by atoms with E-state index in [1.165, 1.54) is 19.3 Å². The van der Waals surface area contributed by atoms with Crippen molar-refractivity contribution < 1.29 is 0 Å². The molecule has 1 saturated carbocycles. The average Bonchev–Trinajstić information content (AvgIpc) is 3.04. The van der Waals surface area contributed by atoms with Gasteiger partial charge in [0.1, 0.15) is 0 Å². The van der Waals surface area contributed by atoms with Crippen LogP contribution in [0.15, 0.2) is 27.8 Å². The molecule has 1 aliphatic carbocycles. The van der Waals surface area contributed by atoms with Crippen LogP contribution in [0.25, 0.3) is 0 Å². The molecule has 15 heavy (non-hydrogen) atoms. The van der Waals surface area contributed by atoms with Gasteiger partial charge in [0.05, 0.1) is 5.03 Å². The van der Waals surface area contributed by atoms with Crippen molar-refractivity contribution in [3.63, 3.8) is 0 Å². The molecule has 0 aliphatic heterocycles. The van der Waals surface area contributed by atoms with Crippen LogP contribution in [0.2, 0.25) is 0 Å². The number of nitrogens with zero attached hydrogens (tertiary/aromatic N) is 1. The molecule has 0 atom stereocenters. The van der Waals surface area contributed by atoms with Gasteiger partial charge in [0, 0.05) is 22.5 Å². The summed E-state index contributed by atoms with van der Waals surface area (Å²) in [7, 11) is 0. The van der Waals surface area contributed by atoms with E-state index in [9.17, 15) is 0 Å². The highest BCUT2D eigenvalue weighted by atomic mass is 79.9. The zero-order chi connectivity index (χ0) is 10.5. The quantitative estimate of drug-likeness (QED) is 0.643. The van der Waals surface area contributed by atoms with Crippen molar-refractivity contribution in [2.45, 2.75) is 30.3 Å². The number of rotatable bonds is 6. The second-order valence-electron chi connectivity index (χ2n) is 3.75. The summed E-state index contributed by atoms with van der Waals surface area (Å²) in [6.07, 6.45) is 5.83. The van der Waals surface area contributed by atoms with Gasteiger partial charge in [0.15, 0.2) is 0 Å². The van der Waals surface area contributed by atoms with E-state index < -0.39 is 0 Å². The standard InChI is InChI=1S/C11H15BrN2S/c12-9-2-5-11(14-8-9)15-7-1-6-13-10-3-4-10/h2,5,8,10,13H,1,3-4,6-7H2. The summed E-state index contributed by atoms with van der Waals surface area (Å²) >= 11 is 5.21. The molecule has 0 unspecified atom stereocenters. The van der Waals surface area contributed by atoms with Crippen LogP contribution in [-0.4, -0.2) is 23.3 Å². The average molecular weight is 287 g/mol. The van der Waals surface area contributed by atoms with Gasteiger partial charge in [-0.05, 0) is 53.9 Å². The lowest BCUT2D eigenvalue weighted by atomic mass is 10.5. The molecule has 0 bridgehead atoms. The Morgan fingerprint density at radius 1 is 1.47 bits per heavy atom. The minimum absolute atomic E-state index is 0.834. The van der Waals surface area contributed by atoms with Crippen LogP contribution in [0.3, 0.4) is 0 Å². The second kappa shape index (κ2) is 5.87. The van der Waals surface area contributed by atoms with Crippen molar-refractivity contribution in [1.29, 1.82) is 0 Å². The summed E-state index contributed by atoms with van der Waals surface area (Å²) in [5.74, 6) is 1.15. The number of hydrogen-bond acceptors (Lipinski definition) is 3. The molecular weight excluding hydrogens is 272 g/mol. The smallest absolute Gasteiger partial charge is 0.0960 e. The van der Waals surface area contributed by atoms with Crippen molar-refractivity contribution in [2.24, 2.45) is 0 Å². The molecule has 4 heteroatoms. The Morgan fingerprint density at radius 3 is 3.00 bits per heavy atom. The molecule has 0 aromatic carbocycles. The fourth-order valence-electron chi connectivity index (χ4n) is 1.29. The third-order valence-electron chi connectivity index (χ3n) is 2.28. The molecule has 1 N–H and O–H groups in total. The Morgan fingerprint density at radius 2 is 2.33 bits per heavy atom. The number of pyridine rings is 1. The van der Waals surface area contributed by atoms with E-state index in [1.807, 2.05) is 24.0 Å². The molecule has 1 aromatic rings. The van der Waals surface area contributed by atoms with Crippen LogP contribution in [0, 0.1) is 0 Å². The van der Waals surface area contributed by atoms with Crippen molar-refractivity contribution in [1.82, 2.24) is 10.3 Å². The first-order valence-electron chi connectivity index (χ1n) is 5.32. The van der Waals surface area contributed by atoms with E-state index in [2.05, 4.69) is 32.3 Å². The van der Waals surface area contributed by atoms with Crippen LogP contribution < -0.4 is 5.32 Å². The molecule has 1 heterocycles. The lowest BCUT2D eigenvalue weighted by Gasteiger charge is -2.02. The van der Waals surface area contributed by atoms with Gasteiger partial charge in [0.2, 0.25) is 0 Å². The fraction of sp³-hybridized carbons (Fsp3) is 0.545. The summed E-state index contributed by atoms with van der Waals surface area (Å²) in [5, 5.41) is 4.63. The molecule has 0 amide bonds. The SMILES string of the molecule is Brc1ccc(SCCCNC2CC2)nc1. The van der Waals surface area contributed by atoms with Gasteiger partial charge in [0.25, 0.3) is 0 Å². The molecular formula is C11H15BrN2S. The Hall–Kier alpha value is -0.0600. The molecule has 1 fully saturated rings. The number of hydrogen-bond donors (Lipinski definition) is 1. The van der Waals surface area contributed by atoms with E-state index in [0.717, 1.165) is 27.8 Å². The van der Waals surface area contributed by atoms with E-state index in [1.54, 1.807) is 0 Å². The van der Waals surface area contributed by atoms with Crippen molar-refractivity contribution in [3.8, 4) is 0 Å². The molecule has 0 saturated heterocycles. The summed E-state index contributed by atoms with van der Waals surface area (Å²) in [5.41, 5.74) is 0. The second-order valence-corrected chi connectivity index (χ2v) is 5.78. The maximum Gasteiger partial charge on any atom is 0.0960 e. The van der Waals surface area contributed by atoms with Crippen molar-refractivity contribution >= 4 is 27.7 Å². The molecule has 1 aromatic heterocycles. The van der Waals surface area contributed by atoms with Crippen LogP contribution in [-0.2, 0) is 0 Å². The van der Waals surface area contributed by atoms with Gasteiger partial charge in [-0.3, -0.25) is 0 Å². The highest BCUT2D eigenvalue weighted by Crippen LogP contribution is 2.20. The van der Waals surface area contributed by atoms with E-state index >= 15 is 0 Å². The Balaban J connectivity index is 1.58. The minimum Gasteiger partial charge on any atom is -0.314 e. The predicted molar refractivity (Wildman–Crippen MR) is 68.3 cm³/mol. The van der Waals surface area contributed by atoms with E-state index in [0.29, 0.717) is 0 Å². The summed E-state index contributed by atoms with van der Waals surface area (Å²) in [6.45, 7) is 1.15. The first-order chi connectivity index (χ1) is 7.34. The van der Waals surface area contributed by atoms with Crippen LogP contribution >= 0.6 is 27.7 Å². The minimum atomic E-state index is 0.834. The molecule has 2 rings (SSSR count). The first-order valence-corrected chi connectivity index (χ1v) is 7.10. The van der Waals surface area contributed by atoms with Gasteiger partial charge in [-0.25, -0.2) is 4.98 Å². The van der Waals surface area contributed by atoms with Gasteiger partial charge >= 0.3 is 0 Å². The Labute approximate surface area is 103 Å². The van der Waals surface area contributed by atoms with E-state index in [4.69, 9.17) is 0 Å². The maximum atomic E-state index is 4.32. The zero-order valence-electron chi connectivity index (χ0n) is 8.58. The third-order valence-corrected chi connectivity index (χ3v) is 3.78. The van der Waals surface area contributed by atoms with Crippen LogP contribution in [0.5, 0.6) is 0 Å². The molecule has 2 nitrogen and oxygen atoms in total. The summed E-state index contributed by atoms with van der Waals surface area (Å²) in [4.78, 5) is 4.32. The lowest BCUT2D eigenvalue weighted by molar-refractivity contribution is 0.674. The lowest BCUT2D eigenvalue weighted by Crippen LogP contribution is -2.17. The number of nitrogens with one attached hydrogen (secondary N) is 1. The highest BCUT2D eigenvalue weighted by Gasteiger charge is 2.19. The van der Waals surface area contributed by atoms with Crippen molar-refractivity contribution in [3.05, 3.63) is 22.8 Å².